The fourth-order valence-corrected chi connectivity index (χ4v) is 3.40. The molecule has 1 heterocycles. The van der Waals surface area contributed by atoms with Crippen molar-refractivity contribution >= 4 is 0 Å². The van der Waals surface area contributed by atoms with Crippen molar-refractivity contribution in [3.8, 4) is 0 Å². The van der Waals surface area contributed by atoms with E-state index in [-0.39, 0.29) is 0 Å². The van der Waals surface area contributed by atoms with Crippen molar-refractivity contribution in [2.45, 2.75) is 51.6 Å². The number of hydrogen-bond acceptors (Lipinski definition) is 1. The lowest BCUT2D eigenvalue weighted by molar-refractivity contribution is -0.0345. The van der Waals surface area contributed by atoms with Crippen LogP contribution in [0.5, 0.6) is 0 Å². The SMILES string of the molecule is C=C1CCC2C[C@H]1[C@@H](C)N(C)C2(C)C. The Bertz CT molecular complexity index is 250. The van der Waals surface area contributed by atoms with Crippen LogP contribution in [0, 0.1) is 11.8 Å². The second-order valence-corrected chi connectivity index (χ2v) is 5.74. The lowest BCUT2D eigenvalue weighted by Crippen LogP contribution is -2.59. The molecule has 0 aromatic heterocycles. The summed E-state index contributed by atoms with van der Waals surface area (Å²) < 4.78 is 0. The molecule has 1 saturated carbocycles. The molecule has 1 aliphatic heterocycles. The number of rotatable bonds is 0. The fourth-order valence-electron chi connectivity index (χ4n) is 3.40. The van der Waals surface area contributed by atoms with Gasteiger partial charge in [0.25, 0.3) is 0 Å². The van der Waals surface area contributed by atoms with Crippen molar-refractivity contribution in [1.82, 2.24) is 4.90 Å². The van der Waals surface area contributed by atoms with Gasteiger partial charge in [-0.3, -0.25) is 4.90 Å². The van der Waals surface area contributed by atoms with Crippen LogP contribution in [0.1, 0.15) is 40.0 Å². The van der Waals surface area contributed by atoms with E-state index in [9.17, 15) is 0 Å². The summed E-state index contributed by atoms with van der Waals surface area (Å²) in [6.45, 7) is 11.4. The van der Waals surface area contributed by atoms with Gasteiger partial charge in [-0.15, -0.1) is 0 Å². The topological polar surface area (TPSA) is 3.24 Å². The van der Waals surface area contributed by atoms with Crippen LogP contribution in [0.25, 0.3) is 0 Å². The molecule has 14 heavy (non-hydrogen) atoms. The maximum Gasteiger partial charge on any atom is 0.0181 e. The molecular formula is C13H23N. The monoisotopic (exact) mass is 193 g/mol. The Morgan fingerprint density at radius 1 is 1.43 bits per heavy atom. The normalized spacial score (nSPS) is 42.6. The number of piperidine rings is 1. The average molecular weight is 193 g/mol. The predicted octanol–water partition coefficient (Wildman–Crippen LogP) is 3.07. The Kier molecular flexibility index (Phi) is 2.26. The van der Waals surface area contributed by atoms with Gasteiger partial charge in [-0.1, -0.05) is 12.2 Å². The molecule has 1 nitrogen and oxygen atoms in total. The van der Waals surface area contributed by atoms with Gasteiger partial charge in [0.05, 0.1) is 0 Å². The van der Waals surface area contributed by atoms with Gasteiger partial charge in [0.15, 0.2) is 0 Å². The molecule has 2 fully saturated rings. The summed E-state index contributed by atoms with van der Waals surface area (Å²) in [5.41, 5.74) is 1.88. The summed E-state index contributed by atoms with van der Waals surface area (Å²) in [6.07, 6.45) is 3.98. The number of likely N-dealkylation sites (tertiary alicyclic amines) is 1. The van der Waals surface area contributed by atoms with Crippen LogP contribution in [0.4, 0.5) is 0 Å². The van der Waals surface area contributed by atoms with Crippen LogP contribution < -0.4 is 0 Å². The molecule has 0 radical (unpaired) electrons. The van der Waals surface area contributed by atoms with E-state index >= 15 is 0 Å². The minimum absolute atomic E-state index is 0.386. The van der Waals surface area contributed by atoms with E-state index in [0.29, 0.717) is 11.6 Å². The summed E-state index contributed by atoms with van der Waals surface area (Å²) in [5.74, 6) is 1.63. The van der Waals surface area contributed by atoms with Crippen LogP contribution in [0.2, 0.25) is 0 Å². The zero-order chi connectivity index (χ0) is 10.5. The molecule has 0 N–H and O–H groups in total. The minimum atomic E-state index is 0.386. The van der Waals surface area contributed by atoms with Crippen LogP contribution in [-0.2, 0) is 0 Å². The van der Waals surface area contributed by atoms with Gasteiger partial charge in [-0.2, -0.15) is 0 Å². The molecule has 0 aromatic carbocycles. The van der Waals surface area contributed by atoms with Gasteiger partial charge in [0.1, 0.15) is 0 Å². The van der Waals surface area contributed by atoms with Crippen LogP contribution in [-0.4, -0.2) is 23.5 Å². The van der Waals surface area contributed by atoms with Crippen molar-refractivity contribution in [3.63, 3.8) is 0 Å². The lowest BCUT2D eigenvalue weighted by Gasteiger charge is -2.56. The summed E-state index contributed by atoms with van der Waals surface area (Å²) in [6, 6.07) is 0.675. The zero-order valence-corrected chi connectivity index (χ0v) is 10.0. The van der Waals surface area contributed by atoms with Gasteiger partial charge in [0.2, 0.25) is 0 Å². The van der Waals surface area contributed by atoms with E-state index in [2.05, 4.69) is 39.3 Å². The largest absolute Gasteiger partial charge is 0.298 e. The smallest absolute Gasteiger partial charge is 0.0181 e. The van der Waals surface area contributed by atoms with Crippen molar-refractivity contribution < 1.29 is 0 Å². The molecule has 0 aromatic rings. The van der Waals surface area contributed by atoms with E-state index in [1.165, 1.54) is 24.8 Å². The van der Waals surface area contributed by atoms with Crippen molar-refractivity contribution in [2.75, 3.05) is 7.05 Å². The highest BCUT2D eigenvalue weighted by Crippen LogP contribution is 2.47. The van der Waals surface area contributed by atoms with Crippen LogP contribution in [0.3, 0.4) is 0 Å². The molecule has 3 atom stereocenters. The minimum Gasteiger partial charge on any atom is -0.298 e. The third kappa shape index (κ3) is 1.25. The highest BCUT2D eigenvalue weighted by Gasteiger charge is 2.46. The first-order valence-electron chi connectivity index (χ1n) is 5.85. The second-order valence-electron chi connectivity index (χ2n) is 5.74. The third-order valence-electron chi connectivity index (χ3n) is 4.98. The van der Waals surface area contributed by atoms with Gasteiger partial charge >= 0.3 is 0 Å². The van der Waals surface area contributed by atoms with Crippen LogP contribution in [0.15, 0.2) is 12.2 Å². The molecule has 2 bridgehead atoms. The van der Waals surface area contributed by atoms with Gasteiger partial charge in [0, 0.05) is 11.6 Å². The summed E-state index contributed by atoms with van der Waals surface area (Å²) in [7, 11) is 2.28. The Hall–Kier alpha value is -0.300. The molecule has 0 spiro atoms. The van der Waals surface area contributed by atoms with E-state index in [0.717, 1.165) is 11.8 Å². The highest BCUT2D eigenvalue weighted by atomic mass is 15.2. The van der Waals surface area contributed by atoms with Gasteiger partial charge in [-0.05, 0) is 58.9 Å². The molecule has 2 aliphatic rings. The molecule has 1 saturated heterocycles. The molecule has 1 heteroatoms. The number of fused-ring (bicyclic) bond motifs is 2. The Labute approximate surface area is 88.2 Å². The fraction of sp³-hybridized carbons (Fsp3) is 0.846. The predicted molar refractivity (Wildman–Crippen MR) is 61.3 cm³/mol. The average Bonchev–Trinajstić information content (AvgIpc) is 2.14. The number of hydrogen-bond donors (Lipinski definition) is 0. The Balaban J connectivity index is 2.29. The van der Waals surface area contributed by atoms with Gasteiger partial charge in [-0.25, -0.2) is 0 Å². The first-order chi connectivity index (χ1) is 6.44. The maximum absolute atomic E-state index is 4.24. The molecular weight excluding hydrogens is 170 g/mol. The lowest BCUT2D eigenvalue weighted by atomic mass is 9.64. The van der Waals surface area contributed by atoms with E-state index < -0.39 is 0 Å². The number of nitrogens with zero attached hydrogens (tertiary/aromatic N) is 1. The summed E-state index contributed by atoms with van der Waals surface area (Å²) in [4.78, 5) is 2.57. The maximum atomic E-state index is 4.24. The second kappa shape index (κ2) is 3.10. The van der Waals surface area contributed by atoms with E-state index in [1.54, 1.807) is 0 Å². The first kappa shape index (κ1) is 10.2. The molecule has 1 aliphatic carbocycles. The van der Waals surface area contributed by atoms with Crippen molar-refractivity contribution in [2.24, 2.45) is 11.8 Å². The standard InChI is InChI=1S/C13H23N/c1-9-6-7-11-8-12(9)10(2)14(5)13(11,3)4/h10-12H,1,6-8H2,2-5H3/t10-,11?,12-/m1/s1. The third-order valence-corrected chi connectivity index (χ3v) is 4.98. The first-order valence-corrected chi connectivity index (χ1v) is 5.85. The Morgan fingerprint density at radius 3 is 2.71 bits per heavy atom. The van der Waals surface area contributed by atoms with E-state index in [4.69, 9.17) is 0 Å². The molecule has 80 valence electrons. The summed E-state index contributed by atoms with van der Waals surface area (Å²) >= 11 is 0. The van der Waals surface area contributed by atoms with E-state index in [1.807, 2.05) is 0 Å². The van der Waals surface area contributed by atoms with Crippen LogP contribution >= 0.6 is 0 Å². The highest BCUT2D eigenvalue weighted by molar-refractivity contribution is 5.14. The molecule has 0 amide bonds. The van der Waals surface area contributed by atoms with Gasteiger partial charge < -0.3 is 0 Å². The Morgan fingerprint density at radius 2 is 2.07 bits per heavy atom. The quantitative estimate of drug-likeness (QED) is 0.534. The molecule has 1 unspecified atom stereocenters. The summed E-state index contributed by atoms with van der Waals surface area (Å²) in [5, 5.41) is 0. The molecule has 2 rings (SSSR count). The van der Waals surface area contributed by atoms with Crippen molar-refractivity contribution in [3.05, 3.63) is 12.2 Å². The van der Waals surface area contributed by atoms with Crippen molar-refractivity contribution in [1.29, 1.82) is 0 Å². The zero-order valence-electron chi connectivity index (χ0n) is 10.0.